The van der Waals surface area contributed by atoms with Crippen molar-refractivity contribution in [1.82, 2.24) is 19.9 Å². The van der Waals surface area contributed by atoms with E-state index >= 15 is 0 Å². The summed E-state index contributed by atoms with van der Waals surface area (Å²) in [5, 5.41) is 0. The molecule has 7 heteroatoms. The van der Waals surface area contributed by atoms with Gasteiger partial charge in [-0.25, -0.2) is 13.8 Å². The maximum Gasteiger partial charge on any atom is 0.254 e. The minimum absolute atomic E-state index is 0.0551. The predicted octanol–water partition coefficient (Wildman–Crippen LogP) is 2.71. The quantitative estimate of drug-likeness (QED) is 0.772. The van der Waals surface area contributed by atoms with Gasteiger partial charge < -0.3 is 4.98 Å². The number of nitrogens with zero attached hydrogens (tertiary/aromatic N) is 3. The van der Waals surface area contributed by atoms with Crippen LogP contribution in [-0.2, 0) is 19.4 Å². The highest BCUT2D eigenvalue weighted by molar-refractivity contribution is 5.49. The maximum absolute atomic E-state index is 13.9. The molecule has 3 aromatic rings. The summed E-state index contributed by atoms with van der Waals surface area (Å²) in [5.41, 5.74) is 1.83. The molecule has 0 aliphatic carbocycles. The van der Waals surface area contributed by atoms with E-state index in [1.165, 1.54) is 18.2 Å². The van der Waals surface area contributed by atoms with Gasteiger partial charge in [0.1, 0.15) is 17.3 Å². The molecule has 0 spiro atoms. The molecule has 0 radical (unpaired) electrons. The van der Waals surface area contributed by atoms with Crippen molar-refractivity contribution in [2.24, 2.45) is 0 Å². The van der Waals surface area contributed by atoms with Crippen LogP contribution in [0, 0.1) is 11.6 Å². The van der Waals surface area contributed by atoms with Crippen molar-refractivity contribution in [1.29, 1.82) is 0 Å². The highest BCUT2D eigenvalue weighted by Gasteiger charge is 2.21. The summed E-state index contributed by atoms with van der Waals surface area (Å²) >= 11 is 0. The zero-order chi connectivity index (χ0) is 18.8. The molecule has 1 aliphatic heterocycles. The van der Waals surface area contributed by atoms with Crippen molar-refractivity contribution in [3.63, 3.8) is 0 Å². The molecule has 4 rings (SSSR count). The number of halogens is 2. The number of benzene rings is 1. The predicted molar refractivity (Wildman–Crippen MR) is 97.1 cm³/mol. The Bertz CT molecular complexity index is 1000. The van der Waals surface area contributed by atoms with E-state index in [-0.39, 0.29) is 17.7 Å². The number of aromatic amines is 1. The van der Waals surface area contributed by atoms with E-state index in [0.29, 0.717) is 43.0 Å². The van der Waals surface area contributed by atoms with Gasteiger partial charge in [-0.15, -0.1) is 0 Å². The fraction of sp³-hybridized carbons (Fsp3) is 0.250. The van der Waals surface area contributed by atoms with Crippen LogP contribution in [0.3, 0.4) is 0 Å². The summed E-state index contributed by atoms with van der Waals surface area (Å²) in [4.78, 5) is 26.1. The van der Waals surface area contributed by atoms with Gasteiger partial charge in [-0.3, -0.25) is 14.7 Å². The molecule has 27 heavy (non-hydrogen) atoms. The van der Waals surface area contributed by atoms with E-state index < -0.39 is 11.6 Å². The molecule has 0 saturated carbocycles. The monoisotopic (exact) mass is 368 g/mol. The highest BCUT2D eigenvalue weighted by atomic mass is 19.1. The molecule has 0 fully saturated rings. The Morgan fingerprint density at radius 3 is 2.56 bits per heavy atom. The molecule has 2 aromatic heterocycles. The van der Waals surface area contributed by atoms with E-state index in [4.69, 9.17) is 0 Å². The Hall–Kier alpha value is -2.93. The number of hydrogen-bond acceptors (Lipinski definition) is 4. The Morgan fingerprint density at radius 2 is 1.81 bits per heavy atom. The third kappa shape index (κ3) is 3.64. The molecular formula is C20H18F2N4O. The molecule has 1 N–H and O–H groups in total. The van der Waals surface area contributed by atoms with Crippen LogP contribution in [0.2, 0.25) is 0 Å². The molecule has 0 saturated heterocycles. The van der Waals surface area contributed by atoms with Gasteiger partial charge in [0.25, 0.3) is 5.56 Å². The zero-order valence-electron chi connectivity index (χ0n) is 14.6. The number of pyridine rings is 1. The first-order valence-electron chi connectivity index (χ1n) is 8.80. The van der Waals surface area contributed by atoms with Gasteiger partial charge >= 0.3 is 0 Å². The fourth-order valence-corrected chi connectivity index (χ4v) is 3.34. The van der Waals surface area contributed by atoms with Crippen LogP contribution in [0.5, 0.6) is 0 Å². The van der Waals surface area contributed by atoms with Crippen LogP contribution in [0.4, 0.5) is 8.78 Å². The fourth-order valence-electron chi connectivity index (χ4n) is 3.34. The average molecular weight is 368 g/mol. The van der Waals surface area contributed by atoms with Gasteiger partial charge in [-0.05, 0) is 30.7 Å². The normalized spacial score (nSPS) is 14.6. The Labute approximate surface area is 154 Å². The SMILES string of the molecule is O=c1[nH]c(-c2ccccn2)nc2c1CCN(Cc1c(F)cccc1F)CC2. The molecule has 0 bridgehead atoms. The van der Waals surface area contributed by atoms with Gasteiger partial charge in [0, 0.05) is 43.4 Å². The molecule has 1 aliphatic rings. The van der Waals surface area contributed by atoms with Crippen molar-refractivity contribution in [2.45, 2.75) is 19.4 Å². The summed E-state index contributed by atoms with van der Waals surface area (Å²) in [7, 11) is 0. The Morgan fingerprint density at radius 1 is 1.04 bits per heavy atom. The van der Waals surface area contributed by atoms with Crippen molar-refractivity contribution in [3.05, 3.63) is 81.4 Å². The van der Waals surface area contributed by atoms with Crippen LogP contribution in [0.15, 0.2) is 47.4 Å². The van der Waals surface area contributed by atoms with Gasteiger partial charge in [0.15, 0.2) is 5.82 Å². The van der Waals surface area contributed by atoms with E-state index in [2.05, 4.69) is 15.0 Å². The summed E-state index contributed by atoms with van der Waals surface area (Å²) in [5.74, 6) is -0.664. The summed E-state index contributed by atoms with van der Waals surface area (Å²) in [6, 6.07) is 9.29. The van der Waals surface area contributed by atoms with Crippen molar-refractivity contribution in [3.8, 4) is 11.5 Å². The molecule has 3 heterocycles. The van der Waals surface area contributed by atoms with Crippen molar-refractivity contribution >= 4 is 0 Å². The topological polar surface area (TPSA) is 61.9 Å². The smallest absolute Gasteiger partial charge is 0.254 e. The van der Waals surface area contributed by atoms with Crippen molar-refractivity contribution < 1.29 is 8.78 Å². The lowest BCUT2D eigenvalue weighted by Crippen LogP contribution is -2.27. The molecular weight excluding hydrogens is 350 g/mol. The maximum atomic E-state index is 13.9. The van der Waals surface area contributed by atoms with Crippen LogP contribution in [0.1, 0.15) is 16.8 Å². The van der Waals surface area contributed by atoms with E-state index in [1.807, 2.05) is 11.0 Å². The Balaban J connectivity index is 1.58. The Kier molecular flexibility index (Phi) is 4.77. The lowest BCUT2D eigenvalue weighted by molar-refractivity contribution is 0.270. The van der Waals surface area contributed by atoms with Crippen molar-refractivity contribution in [2.75, 3.05) is 13.1 Å². The van der Waals surface area contributed by atoms with E-state index in [9.17, 15) is 13.6 Å². The van der Waals surface area contributed by atoms with E-state index in [0.717, 1.165) is 5.69 Å². The molecule has 0 unspecified atom stereocenters. The highest BCUT2D eigenvalue weighted by Crippen LogP contribution is 2.19. The molecule has 0 atom stereocenters. The molecule has 0 amide bonds. The largest absolute Gasteiger partial charge is 0.305 e. The lowest BCUT2D eigenvalue weighted by Gasteiger charge is -2.20. The van der Waals surface area contributed by atoms with E-state index in [1.54, 1.807) is 18.3 Å². The standard InChI is InChI=1S/C20H18F2N4O/c21-15-4-3-5-16(22)14(15)12-26-10-7-13-17(8-11-26)24-19(25-20(13)27)18-6-1-2-9-23-18/h1-6,9H,7-8,10-12H2,(H,24,25,27). The van der Waals surface area contributed by atoms with Gasteiger partial charge in [0.05, 0.1) is 5.69 Å². The summed E-state index contributed by atoms with van der Waals surface area (Å²) in [6.45, 7) is 1.27. The van der Waals surface area contributed by atoms with Crippen LogP contribution in [0.25, 0.3) is 11.5 Å². The number of nitrogens with one attached hydrogen (secondary N) is 1. The zero-order valence-corrected chi connectivity index (χ0v) is 14.6. The van der Waals surface area contributed by atoms with Gasteiger partial charge in [-0.2, -0.15) is 0 Å². The van der Waals surface area contributed by atoms with Gasteiger partial charge in [-0.1, -0.05) is 12.1 Å². The first-order chi connectivity index (χ1) is 13.1. The lowest BCUT2D eigenvalue weighted by atomic mass is 10.1. The third-order valence-corrected chi connectivity index (χ3v) is 4.79. The van der Waals surface area contributed by atoms with Crippen LogP contribution >= 0.6 is 0 Å². The summed E-state index contributed by atoms with van der Waals surface area (Å²) in [6.07, 6.45) is 2.66. The molecule has 138 valence electrons. The minimum Gasteiger partial charge on any atom is -0.305 e. The number of hydrogen-bond donors (Lipinski definition) is 1. The average Bonchev–Trinajstić information content (AvgIpc) is 2.88. The number of aromatic nitrogens is 3. The second-order valence-electron chi connectivity index (χ2n) is 6.53. The second kappa shape index (κ2) is 7.36. The number of H-pyrrole nitrogens is 1. The van der Waals surface area contributed by atoms with Gasteiger partial charge in [0.2, 0.25) is 0 Å². The third-order valence-electron chi connectivity index (χ3n) is 4.79. The van der Waals surface area contributed by atoms with Crippen LogP contribution in [-0.4, -0.2) is 32.9 Å². The first kappa shape index (κ1) is 17.5. The van der Waals surface area contributed by atoms with Crippen LogP contribution < -0.4 is 5.56 Å². The number of fused-ring (bicyclic) bond motifs is 1. The minimum atomic E-state index is -0.551. The first-order valence-corrected chi connectivity index (χ1v) is 8.80. The molecule has 5 nitrogen and oxygen atoms in total. The number of rotatable bonds is 3. The summed E-state index contributed by atoms with van der Waals surface area (Å²) < 4.78 is 27.9. The second-order valence-corrected chi connectivity index (χ2v) is 6.53. The molecule has 1 aromatic carbocycles.